The fraction of sp³-hybridized carbons (Fsp3) is 0.286. The molecule has 0 saturated carbocycles. The van der Waals surface area contributed by atoms with E-state index in [9.17, 15) is 9.90 Å². The van der Waals surface area contributed by atoms with Crippen LogP contribution < -0.4 is 4.90 Å². The third kappa shape index (κ3) is 3.93. The maximum atomic E-state index is 11.2. The van der Waals surface area contributed by atoms with Crippen molar-refractivity contribution in [2.24, 2.45) is 7.05 Å². The number of hydrogen-bond acceptors (Lipinski definition) is 4. The van der Waals surface area contributed by atoms with E-state index in [1.165, 1.54) is 0 Å². The van der Waals surface area contributed by atoms with E-state index in [0.29, 0.717) is 17.6 Å². The molecule has 1 heterocycles. The fourth-order valence-corrected chi connectivity index (χ4v) is 3.09. The lowest BCUT2D eigenvalue weighted by Crippen LogP contribution is -2.25. The van der Waals surface area contributed by atoms with Crippen LogP contribution in [0.15, 0.2) is 42.5 Å². The zero-order chi connectivity index (χ0) is 19.4. The summed E-state index contributed by atoms with van der Waals surface area (Å²) in [4.78, 5) is 18.1. The minimum Gasteiger partial charge on any atom is -0.478 e. The van der Waals surface area contributed by atoms with Crippen molar-refractivity contribution in [3.63, 3.8) is 0 Å². The fourth-order valence-electron chi connectivity index (χ4n) is 3.09. The number of nitrogens with zero attached hydrogens (tertiary/aromatic N) is 4. The van der Waals surface area contributed by atoms with Crippen LogP contribution in [0.5, 0.6) is 0 Å². The molecule has 0 saturated heterocycles. The van der Waals surface area contributed by atoms with Gasteiger partial charge in [-0.05, 0) is 48.9 Å². The molecule has 0 spiro atoms. The maximum absolute atomic E-state index is 11.2. The second kappa shape index (κ2) is 7.92. The Labute approximate surface area is 158 Å². The third-order valence-electron chi connectivity index (χ3n) is 4.70. The van der Waals surface area contributed by atoms with Crippen LogP contribution >= 0.6 is 0 Å². The van der Waals surface area contributed by atoms with Gasteiger partial charge in [0.05, 0.1) is 34.8 Å². The molecule has 2 aromatic carbocycles. The number of unbranched alkanes of at least 4 members (excludes halogenated alkanes) is 1. The van der Waals surface area contributed by atoms with E-state index in [0.717, 1.165) is 36.4 Å². The summed E-state index contributed by atoms with van der Waals surface area (Å²) in [5, 5.41) is 18.2. The van der Waals surface area contributed by atoms with E-state index < -0.39 is 5.97 Å². The highest BCUT2D eigenvalue weighted by atomic mass is 16.4. The summed E-state index contributed by atoms with van der Waals surface area (Å²) < 4.78 is 2.00. The van der Waals surface area contributed by atoms with Crippen molar-refractivity contribution in [2.75, 3.05) is 11.4 Å². The Kier molecular flexibility index (Phi) is 5.41. The average molecular weight is 362 g/mol. The largest absolute Gasteiger partial charge is 0.478 e. The first-order valence-electron chi connectivity index (χ1n) is 8.97. The predicted octanol–water partition coefficient (Wildman–Crippen LogP) is 3.95. The number of carboxylic acid groups (broad SMARTS) is 1. The van der Waals surface area contributed by atoms with Crippen molar-refractivity contribution in [3.05, 3.63) is 59.4 Å². The number of carbonyl (C=O) groups is 1. The minimum atomic E-state index is -0.953. The van der Waals surface area contributed by atoms with Gasteiger partial charge in [-0.2, -0.15) is 5.26 Å². The van der Waals surface area contributed by atoms with Crippen LogP contribution in [0.1, 0.15) is 41.5 Å². The van der Waals surface area contributed by atoms with E-state index in [4.69, 9.17) is 5.26 Å². The maximum Gasteiger partial charge on any atom is 0.335 e. The Morgan fingerprint density at radius 3 is 2.63 bits per heavy atom. The van der Waals surface area contributed by atoms with Gasteiger partial charge in [0, 0.05) is 19.3 Å². The number of fused-ring (bicyclic) bond motifs is 1. The minimum absolute atomic E-state index is 0.238. The van der Waals surface area contributed by atoms with Crippen LogP contribution in [-0.4, -0.2) is 27.2 Å². The lowest BCUT2D eigenvalue weighted by molar-refractivity contribution is 0.0697. The van der Waals surface area contributed by atoms with Gasteiger partial charge in [-0.25, -0.2) is 9.78 Å². The number of aromatic nitrogens is 2. The molecule has 0 bridgehead atoms. The van der Waals surface area contributed by atoms with E-state index in [2.05, 4.69) is 22.9 Å². The molecule has 0 unspecified atom stereocenters. The molecule has 1 N–H and O–H groups in total. The van der Waals surface area contributed by atoms with E-state index in [1.54, 1.807) is 18.2 Å². The predicted molar refractivity (Wildman–Crippen MR) is 105 cm³/mol. The number of aromatic carboxylic acids is 1. The van der Waals surface area contributed by atoms with Crippen LogP contribution in [-0.2, 0) is 13.6 Å². The molecule has 1 aromatic heterocycles. The Bertz CT molecular complexity index is 999. The zero-order valence-electron chi connectivity index (χ0n) is 15.5. The van der Waals surface area contributed by atoms with Crippen molar-refractivity contribution >= 4 is 22.7 Å². The molecule has 6 nitrogen and oxygen atoms in total. The molecule has 3 aromatic rings. The molecule has 0 aliphatic carbocycles. The number of hydrogen-bond donors (Lipinski definition) is 1. The first-order chi connectivity index (χ1) is 13.0. The number of benzene rings is 2. The molecule has 0 atom stereocenters. The summed E-state index contributed by atoms with van der Waals surface area (Å²) >= 11 is 0. The van der Waals surface area contributed by atoms with Gasteiger partial charge >= 0.3 is 5.97 Å². The van der Waals surface area contributed by atoms with Crippen LogP contribution in [0, 0.1) is 11.3 Å². The molecule has 0 aliphatic heterocycles. The molecule has 3 rings (SSSR count). The van der Waals surface area contributed by atoms with E-state index in [1.807, 2.05) is 35.9 Å². The lowest BCUT2D eigenvalue weighted by atomic mass is 10.2. The number of nitriles is 1. The van der Waals surface area contributed by atoms with Gasteiger partial charge in [-0.1, -0.05) is 13.3 Å². The molecular formula is C21H22N4O2. The van der Waals surface area contributed by atoms with Crippen LogP contribution in [0.3, 0.4) is 0 Å². The standard InChI is InChI=1S/C21H22N4O2/c1-3-4-11-25(17-8-5-15(13-22)6-9-17)14-20-23-18-12-16(21(26)27)7-10-19(18)24(20)2/h5-10,12H,3-4,11,14H2,1-2H3,(H,26,27). The summed E-state index contributed by atoms with van der Waals surface area (Å²) in [6, 6.07) is 14.7. The highest BCUT2D eigenvalue weighted by Crippen LogP contribution is 2.22. The summed E-state index contributed by atoms with van der Waals surface area (Å²) in [7, 11) is 1.95. The van der Waals surface area contributed by atoms with Gasteiger partial charge in [-0.15, -0.1) is 0 Å². The van der Waals surface area contributed by atoms with E-state index in [-0.39, 0.29) is 5.56 Å². The number of aryl methyl sites for hydroxylation is 1. The second-order valence-corrected chi connectivity index (χ2v) is 6.53. The molecule has 6 heteroatoms. The van der Waals surface area contributed by atoms with Gasteiger partial charge in [0.25, 0.3) is 0 Å². The Balaban J connectivity index is 1.93. The van der Waals surface area contributed by atoms with Crippen molar-refractivity contribution in [1.82, 2.24) is 9.55 Å². The number of rotatable bonds is 7. The first-order valence-corrected chi connectivity index (χ1v) is 8.97. The first kappa shape index (κ1) is 18.5. The van der Waals surface area contributed by atoms with Crippen molar-refractivity contribution in [2.45, 2.75) is 26.3 Å². The van der Waals surface area contributed by atoms with Crippen LogP contribution in [0.2, 0.25) is 0 Å². The number of carboxylic acids is 1. The monoisotopic (exact) mass is 362 g/mol. The Morgan fingerprint density at radius 1 is 1.26 bits per heavy atom. The third-order valence-corrected chi connectivity index (χ3v) is 4.70. The summed E-state index contributed by atoms with van der Waals surface area (Å²) in [6.07, 6.45) is 2.13. The summed E-state index contributed by atoms with van der Waals surface area (Å²) in [5.74, 6) is -0.0840. The van der Waals surface area contributed by atoms with Gasteiger partial charge in [0.15, 0.2) is 0 Å². The smallest absolute Gasteiger partial charge is 0.335 e. The second-order valence-electron chi connectivity index (χ2n) is 6.53. The average Bonchev–Trinajstić information content (AvgIpc) is 3.00. The highest BCUT2D eigenvalue weighted by Gasteiger charge is 2.14. The normalized spacial score (nSPS) is 10.7. The quantitative estimate of drug-likeness (QED) is 0.688. The lowest BCUT2D eigenvalue weighted by Gasteiger charge is -2.24. The molecular weight excluding hydrogens is 340 g/mol. The molecule has 0 fully saturated rings. The van der Waals surface area contributed by atoms with Crippen molar-refractivity contribution < 1.29 is 9.90 Å². The summed E-state index contributed by atoms with van der Waals surface area (Å²) in [5.41, 5.74) is 3.51. The van der Waals surface area contributed by atoms with Crippen molar-refractivity contribution in [1.29, 1.82) is 5.26 Å². The van der Waals surface area contributed by atoms with E-state index >= 15 is 0 Å². The van der Waals surface area contributed by atoms with Gasteiger partial charge in [-0.3, -0.25) is 0 Å². The molecule has 0 amide bonds. The SMILES string of the molecule is CCCCN(Cc1nc2cc(C(=O)O)ccc2n1C)c1ccc(C#N)cc1. The molecule has 27 heavy (non-hydrogen) atoms. The van der Waals surface area contributed by atoms with Gasteiger partial charge in [0.1, 0.15) is 5.82 Å². The van der Waals surface area contributed by atoms with Crippen LogP contribution in [0.4, 0.5) is 5.69 Å². The van der Waals surface area contributed by atoms with Gasteiger partial charge in [0.2, 0.25) is 0 Å². The zero-order valence-corrected chi connectivity index (χ0v) is 15.5. The van der Waals surface area contributed by atoms with Gasteiger partial charge < -0.3 is 14.6 Å². The topological polar surface area (TPSA) is 82.2 Å². The van der Waals surface area contributed by atoms with Crippen LogP contribution in [0.25, 0.3) is 11.0 Å². The molecule has 0 aliphatic rings. The Hall–Kier alpha value is -3.33. The molecule has 138 valence electrons. The van der Waals surface area contributed by atoms with Crippen molar-refractivity contribution in [3.8, 4) is 6.07 Å². The summed E-state index contributed by atoms with van der Waals surface area (Å²) in [6.45, 7) is 3.64. The number of anilines is 1. The highest BCUT2D eigenvalue weighted by molar-refractivity contribution is 5.92. The molecule has 0 radical (unpaired) electrons. The Morgan fingerprint density at radius 2 is 2.00 bits per heavy atom. The number of imidazole rings is 1.